The quantitative estimate of drug-likeness (QED) is 0.842. The van der Waals surface area contributed by atoms with Crippen molar-refractivity contribution in [2.24, 2.45) is 0 Å². The summed E-state index contributed by atoms with van der Waals surface area (Å²) in [4.78, 5) is 0. The normalized spacial score (nSPS) is 10.8. The lowest BCUT2D eigenvalue weighted by Gasteiger charge is -2.09. The molecule has 0 bridgehead atoms. The van der Waals surface area contributed by atoms with Crippen LogP contribution in [-0.4, -0.2) is 9.78 Å². The number of benzene rings is 1. The van der Waals surface area contributed by atoms with E-state index in [1.807, 2.05) is 18.5 Å². The van der Waals surface area contributed by atoms with E-state index in [1.165, 1.54) is 6.07 Å². The summed E-state index contributed by atoms with van der Waals surface area (Å²) >= 11 is 9.55. The number of nitrogens with one attached hydrogen (secondary N) is 1. The third-order valence-electron chi connectivity index (χ3n) is 3.07. The van der Waals surface area contributed by atoms with Crippen molar-refractivity contribution in [2.45, 2.75) is 33.4 Å². The van der Waals surface area contributed by atoms with E-state index in [-0.39, 0.29) is 5.82 Å². The van der Waals surface area contributed by atoms with Crippen molar-refractivity contribution >= 4 is 33.2 Å². The van der Waals surface area contributed by atoms with Crippen molar-refractivity contribution in [3.05, 3.63) is 44.9 Å². The van der Waals surface area contributed by atoms with Crippen molar-refractivity contribution in [3.63, 3.8) is 0 Å². The van der Waals surface area contributed by atoms with Crippen LogP contribution < -0.4 is 5.32 Å². The second kappa shape index (κ2) is 6.59. The first kappa shape index (κ1) is 15.3. The van der Waals surface area contributed by atoms with E-state index >= 15 is 0 Å². The molecular formula is C14H16BrClFN3. The van der Waals surface area contributed by atoms with Gasteiger partial charge >= 0.3 is 0 Å². The molecule has 1 aromatic heterocycles. The Labute approximate surface area is 131 Å². The van der Waals surface area contributed by atoms with Gasteiger partial charge in [-0.15, -0.1) is 0 Å². The minimum absolute atomic E-state index is 0.297. The monoisotopic (exact) mass is 359 g/mol. The molecule has 2 rings (SSSR count). The predicted octanol–water partition coefficient (Wildman–Crippen LogP) is 4.63. The van der Waals surface area contributed by atoms with Gasteiger partial charge in [-0.3, -0.25) is 4.68 Å². The summed E-state index contributed by atoms with van der Waals surface area (Å²) in [6.07, 6.45) is 0.783. The van der Waals surface area contributed by atoms with Crippen molar-refractivity contribution in [2.75, 3.05) is 5.32 Å². The van der Waals surface area contributed by atoms with Gasteiger partial charge in [0.1, 0.15) is 5.82 Å². The molecule has 108 valence electrons. The molecule has 0 aliphatic carbocycles. The van der Waals surface area contributed by atoms with Gasteiger partial charge in [-0.25, -0.2) is 4.39 Å². The van der Waals surface area contributed by atoms with Crippen LogP contribution in [0.2, 0.25) is 5.02 Å². The molecule has 0 unspecified atom stereocenters. The van der Waals surface area contributed by atoms with Crippen LogP contribution in [0.4, 0.5) is 10.1 Å². The van der Waals surface area contributed by atoms with E-state index in [4.69, 9.17) is 11.6 Å². The van der Waals surface area contributed by atoms with Gasteiger partial charge in [-0.1, -0.05) is 34.5 Å². The molecule has 0 atom stereocenters. The summed E-state index contributed by atoms with van der Waals surface area (Å²) in [5, 5.41) is 8.17. The highest BCUT2D eigenvalue weighted by Crippen LogP contribution is 2.24. The van der Waals surface area contributed by atoms with E-state index in [1.54, 1.807) is 12.1 Å². The van der Waals surface area contributed by atoms with Crippen LogP contribution in [0.5, 0.6) is 0 Å². The Kier molecular flexibility index (Phi) is 5.05. The lowest BCUT2D eigenvalue weighted by molar-refractivity contribution is 0.613. The number of nitrogens with zero attached hydrogens (tertiary/aromatic N) is 2. The Morgan fingerprint density at radius 2 is 2.15 bits per heavy atom. The second-order valence-corrected chi connectivity index (χ2v) is 5.65. The minimum Gasteiger partial charge on any atom is -0.377 e. The third kappa shape index (κ3) is 3.15. The molecule has 0 saturated heterocycles. The summed E-state index contributed by atoms with van der Waals surface area (Å²) in [5.74, 6) is -0.297. The number of rotatable bonds is 5. The van der Waals surface area contributed by atoms with Crippen LogP contribution in [0.15, 0.2) is 22.7 Å². The van der Waals surface area contributed by atoms with Crippen LogP contribution in [-0.2, 0) is 19.5 Å². The lowest BCUT2D eigenvalue weighted by Crippen LogP contribution is -2.09. The maximum absolute atomic E-state index is 13.8. The number of anilines is 1. The average Bonchev–Trinajstić information content (AvgIpc) is 2.74. The van der Waals surface area contributed by atoms with Crippen molar-refractivity contribution in [1.29, 1.82) is 0 Å². The fourth-order valence-electron chi connectivity index (χ4n) is 2.00. The first-order valence-electron chi connectivity index (χ1n) is 6.49. The molecule has 0 amide bonds. The molecule has 0 aliphatic rings. The SMILES string of the molecule is CCc1nn(CC)c(CNc2ccc(Br)cc2F)c1Cl. The van der Waals surface area contributed by atoms with Gasteiger partial charge in [-0.05, 0) is 31.5 Å². The summed E-state index contributed by atoms with van der Waals surface area (Å²) in [5.41, 5.74) is 2.21. The molecule has 0 fully saturated rings. The van der Waals surface area contributed by atoms with E-state index in [2.05, 4.69) is 26.3 Å². The van der Waals surface area contributed by atoms with Crippen molar-refractivity contribution in [3.8, 4) is 0 Å². The van der Waals surface area contributed by atoms with Crippen molar-refractivity contribution in [1.82, 2.24) is 9.78 Å². The number of aromatic nitrogens is 2. The van der Waals surface area contributed by atoms with Crippen LogP contribution in [0, 0.1) is 5.82 Å². The molecule has 3 nitrogen and oxygen atoms in total. The number of halogens is 3. The van der Waals surface area contributed by atoms with Gasteiger partial charge in [0.15, 0.2) is 0 Å². The van der Waals surface area contributed by atoms with E-state index < -0.39 is 0 Å². The highest BCUT2D eigenvalue weighted by molar-refractivity contribution is 9.10. The summed E-state index contributed by atoms with van der Waals surface area (Å²) in [6.45, 7) is 5.20. The van der Waals surface area contributed by atoms with Gasteiger partial charge in [-0.2, -0.15) is 5.10 Å². The molecule has 0 aliphatic heterocycles. The topological polar surface area (TPSA) is 29.9 Å². The zero-order valence-electron chi connectivity index (χ0n) is 11.4. The molecule has 0 spiro atoms. The molecule has 0 saturated carbocycles. The summed E-state index contributed by atoms with van der Waals surface area (Å²) < 4.78 is 16.3. The van der Waals surface area contributed by atoms with E-state index in [9.17, 15) is 4.39 Å². The van der Waals surface area contributed by atoms with Gasteiger partial charge in [0.25, 0.3) is 0 Å². The van der Waals surface area contributed by atoms with Gasteiger partial charge in [0.05, 0.1) is 28.6 Å². The maximum atomic E-state index is 13.8. The Hall–Kier alpha value is -1.07. The molecule has 0 radical (unpaired) electrons. The highest BCUT2D eigenvalue weighted by Gasteiger charge is 2.14. The largest absolute Gasteiger partial charge is 0.377 e. The second-order valence-electron chi connectivity index (χ2n) is 4.35. The van der Waals surface area contributed by atoms with Crippen LogP contribution >= 0.6 is 27.5 Å². The minimum atomic E-state index is -0.297. The smallest absolute Gasteiger partial charge is 0.147 e. The van der Waals surface area contributed by atoms with Crippen LogP contribution in [0.1, 0.15) is 25.2 Å². The summed E-state index contributed by atoms with van der Waals surface area (Å²) in [7, 11) is 0. The Morgan fingerprint density at radius 1 is 1.40 bits per heavy atom. The Morgan fingerprint density at radius 3 is 2.75 bits per heavy atom. The molecule has 2 aromatic rings. The number of hydrogen-bond acceptors (Lipinski definition) is 2. The third-order valence-corrected chi connectivity index (χ3v) is 4.00. The Bertz CT molecular complexity index is 613. The molecule has 20 heavy (non-hydrogen) atoms. The van der Waals surface area contributed by atoms with Crippen LogP contribution in [0.3, 0.4) is 0 Å². The first-order chi connectivity index (χ1) is 9.56. The molecule has 1 N–H and O–H groups in total. The zero-order chi connectivity index (χ0) is 14.7. The zero-order valence-corrected chi connectivity index (χ0v) is 13.7. The van der Waals surface area contributed by atoms with Crippen LogP contribution in [0.25, 0.3) is 0 Å². The maximum Gasteiger partial charge on any atom is 0.147 e. The standard InChI is InChI=1S/C14H16BrClFN3/c1-3-11-14(16)13(20(4-2)19-11)8-18-12-6-5-9(15)7-10(12)17/h5-7,18H,3-4,8H2,1-2H3. The molecule has 6 heteroatoms. The van der Waals surface area contributed by atoms with E-state index in [0.717, 1.165) is 24.4 Å². The Balaban J connectivity index is 2.20. The fourth-order valence-corrected chi connectivity index (χ4v) is 2.67. The lowest BCUT2D eigenvalue weighted by atomic mass is 10.2. The average molecular weight is 361 g/mol. The van der Waals surface area contributed by atoms with Gasteiger partial charge in [0, 0.05) is 11.0 Å². The first-order valence-corrected chi connectivity index (χ1v) is 7.66. The number of aryl methyl sites for hydroxylation is 2. The predicted molar refractivity (Wildman–Crippen MR) is 83.7 cm³/mol. The summed E-state index contributed by atoms with van der Waals surface area (Å²) in [6, 6.07) is 4.92. The molecule has 1 aromatic carbocycles. The van der Waals surface area contributed by atoms with Crippen molar-refractivity contribution < 1.29 is 4.39 Å². The fraction of sp³-hybridized carbons (Fsp3) is 0.357. The number of hydrogen-bond donors (Lipinski definition) is 1. The molecular weight excluding hydrogens is 345 g/mol. The van der Waals surface area contributed by atoms with E-state index in [0.29, 0.717) is 21.7 Å². The van der Waals surface area contributed by atoms with Gasteiger partial charge in [0.2, 0.25) is 0 Å². The van der Waals surface area contributed by atoms with Gasteiger partial charge < -0.3 is 5.32 Å². The highest BCUT2D eigenvalue weighted by atomic mass is 79.9. The molecule has 1 heterocycles.